The van der Waals surface area contributed by atoms with Crippen molar-refractivity contribution in [2.24, 2.45) is 14.1 Å². The van der Waals surface area contributed by atoms with Crippen LogP contribution in [0.4, 0.5) is 5.82 Å². The highest BCUT2D eigenvalue weighted by molar-refractivity contribution is 8.00. The van der Waals surface area contributed by atoms with Gasteiger partial charge in [0.1, 0.15) is 5.82 Å². The molecule has 26 heavy (non-hydrogen) atoms. The molecule has 3 rings (SSSR count). The number of hydrogen-bond acceptors (Lipinski definition) is 5. The number of piperazine rings is 1. The van der Waals surface area contributed by atoms with E-state index in [1.165, 1.54) is 29.4 Å². The minimum absolute atomic E-state index is 0.108. The van der Waals surface area contributed by atoms with E-state index in [-0.39, 0.29) is 17.2 Å². The Morgan fingerprint density at radius 1 is 1.00 bits per heavy atom. The third-order valence-electron chi connectivity index (χ3n) is 4.56. The number of carbonyl (C=O) groups is 1. The smallest absolute Gasteiger partial charge is 0.332 e. The van der Waals surface area contributed by atoms with Gasteiger partial charge in [-0.05, 0) is 12.1 Å². The summed E-state index contributed by atoms with van der Waals surface area (Å²) in [5.74, 6) is 1.12. The summed E-state index contributed by atoms with van der Waals surface area (Å²) in [6.07, 6.45) is 0. The van der Waals surface area contributed by atoms with Crippen LogP contribution in [0.15, 0.2) is 50.9 Å². The molecule has 0 bridgehead atoms. The highest BCUT2D eigenvalue weighted by atomic mass is 32.2. The van der Waals surface area contributed by atoms with Gasteiger partial charge in [0, 0.05) is 51.2 Å². The third kappa shape index (κ3) is 3.85. The second-order valence-corrected chi connectivity index (χ2v) is 7.26. The van der Waals surface area contributed by atoms with Crippen LogP contribution in [-0.2, 0) is 18.9 Å². The largest absolute Gasteiger partial charge is 0.354 e. The topological polar surface area (TPSA) is 67.5 Å². The molecule has 0 saturated carbocycles. The first-order valence-electron chi connectivity index (χ1n) is 8.45. The Bertz CT molecular complexity index is 899. The fourth-order valence-electron chi connectivity index (χ4n) is 2.96. The van der Waals surface area contributed by atoms with Crippen molar-refractivity contribution in [2.45, 2.75) is 4.90 Å². The van der Waals surface area contributed by atoms with Gasteiger partial charge in [-0.2, -0.15) is 0 Å². The van der Waals surface area contributed by atoms with E-state index in [4.69, 9.17) is 0 Å². The molecule has 0 N–H and O–H groups in total. The summed E-state index contributed by atoms with van der Waals surface area (Å²) in [6, 6.07) is 11.3. The summed E-state index contributed by atoms with van der Waals surface area (Å²) in [5, 5.41) is 0. The number of benzene rings is 1. The first-order chi connectivity index (χ1) is 12.5. The van der Waals surface area contributed by atoms with Gasteiger partial charge in [0.15, 0.2) is 0 Å². The fraction of sp³-hybridized carbons (Fsp3) is 0.389. The third-order valence-corrected chi connectivity index (χ3v) is 5.56. The van der Waals surface area contributed by atoms with Crippen LogP contribution in [0.3, 0.4) is 0 Å². The molecule has 0 radical (unpaired) electrons. The van der Waals surface area contributed by atoms with Gasteiger partial charge >= 0.3 is 5.69 Å². The lowest BCUT2D eigenvalue weighted by molar-refractivity contribution is -0.128. The van der Waals surface area contributed by atoms with Gasteiger partial charge in [-0.15, -0.1) is 11.8 Å². The normalized spacial score (nSPS) is 14.5. The molecule has 2 aromatic rings. The lowest BCUT2D eigenvalue weighted by atomic mass is 10.3. The molecule has 1 aromatic carbocycles. The Hall–Kier alpha value is -2.48. The molecule has 1 aliphatic rings. The Labute approximate surface area is 155 Å². The van der Waals surface area contributed by atoms with Crippen molar-refractivity contribution in [3.8, 4) is 0 Å². The van der Waals surface area contributed by atoms with Crippen LogP contribution in [0, 0.1) is 0 Å². The van der Waals surface area contributed by atoms with E-state index in [0.29, 0.717) is 37.7 Å². The molecule has 1 aromatic heterocycles. The number of carbonyl (C=O) groups excluding carboxylic acids is 1. The van der Waals surface area contributed by atoms with Gasteiger partial charge in [-0.25, -0.2) is 4.79 Å². The van der Waals surface area contributed by atoms with Crippen LogP contribution < -0.4 is 16.1 Å². The minimum atomic E-state index is -0.342. The highest BCUT2D eigenvalue weighted by Crippen LogP contribution is 2.18. The SMILES string of the molecule is Cn1c(N2CCN(C(=O)CSc3ccccc3)CC2)cc(=O)n(C)c1=O. The number of amides is 1. The van der Waals surface area contributed by atoms with Crippen LogP contribution >= 0.6 is 11.8 Å². The second kappa shape index (κ2) is 7.82. The number of anilines is 1. The molecule has 8 heteroatoms. The van der Waals surface area contributed by atoms with E-state index in [9.17, 15) is 14.4 Å². The Morgan fingerprint density at radius 2 is 1.65 bits per heavy atom. The number of aromatic nitrogens is 2. The standard InChI is InChI=1S/C18H22N4O3S/c1-19-15(12-16(23)20(2)18(19)25)21-8-10-22(11-9-21)17(24)13-26-14-6-4-3-5-7-14/h3-7,12H,8-11,13H2,1-2H3. The maximum atomic E-state index is 12.4. The molecule has 0 atom stereocenters. The maximum absolute atomic E-state index is 12.4. The van der Waals surface area contributed by atoms with Crippen molar-refractivity contribution in [2.75, 3.05) is 36.8 Å². The first kappa shape index (κ1) is 18.3. The summed E-state index contributed by atoms with van der Waals surface area (Å²) in [4.78, 5) is 41.3. The van der Waals surface area contributed by atoms with E-state index in [0.717, 1.165) is 9.46 Å². The molecule has 0 aliphatic carbocycles. The first-order valence-corrected chi connectivity index (χ1v) is 9.43. The van der Waals surface area contributed by atoms with Crippen molar-refractivity contribution in [3.63, 3.8) is 0 Å². The van der Waals surface area contributed by atoms with Crippen LogP contribution in [0.5, 0.6) is 0 Å². The van der Waals surface area contributed by atoms with Crippen LogP contribution in [0.25, 0.3) is 0 Å². The van der Waals surface area contributed by atoms with E-state index in [2.05, 4.69) is 0 Å². The molecule has 1 amide bonds. The molecule has 0 spiro atoms. The van der Waals surface area contributed by atoms with Crippen molar-refractivity contribution in [1.82, 2.24) is 14.0 Å². The number of rotatable bonds is 4. The summed E-state index contributed by atoms with van der Waals surface area (Å²) >= 11 is 1.53. The predicted molar refractivity (Wildman–Crippen MR) is 103 cm³/mol. The van der Waals surface area contributed by atoms with Crippen LogP contribution in [-0.4, -0.2) is 51.9 Å². The number of hydrogen-bond donors (Lipinski definition) is 0. The number of thioether (sulfide) groups is 1. The van der Waals surface area contributed by atoms with Crippen LogP contribution in [0.2, 0.25) is 0 Å². The summed E-state index contributed by atoms with van der Waals surface area (Å²) in [5.41, 5.74) is -0.661. The molecule has 0 unspecified atom stereocenters. The zero-order valence-corrected chi connectivity index (χ0v) is 15.7. The van der Waals surface area contributed by atoms with Gasteiger partial charge in [0.05, 0.1) is 5.75 Å². The van der Waals surface area contributed by atoms with Gasteiger partial charge in [0.2, 0.25) is 5.91 Å². The molecule has 138 valence electrons. The Morgan fingerprint density at radius 3 is 2.31 bits per heavy atom. The predicted octanol–water partition coefficient (Wildman–Crippen LogP) is 0.525. The van der Waals surface area contributed by atoms with Crippen molar-refractivity contribution in [3.05, 3.63) is 57.2 Å². The van der Waals surface area contributed by atoms with E-state index < -0.39 is 0 Å². The summed E-state index contributed by atoms with van der Waals surface area (Å²) < 4.78 is 2.56. The monoisotopic (exact) mass is 374 g/mol. The number of nitrogens with zero attached hydrogens (tertiary/aromatic N) is 4. The highest BCUT2D eigenvalue weighted by Gasteiger charge is 2.23. The van der Waals surface area contributed by atoms with Gasteiger partial charge in [-0.3, -0.25) is 18.7 Å². The average Bonchev–Trinajstić information content (AvgIpc) is 2.68. The zero-order chi connectivity index (χ0) is 18.7. The average molecular weight is 374 g/mol. The van der Waals surface area contributed by atoms with E-state index in [1.807, 2.05) is 40.1 Å². The molecule has 7 nitrogen and oxygen atoms in total. The van der Waals surface area contributed by atoms with Gasteiger partial charge < -0.3 is 9.80 Å². The zero-order valence-electron chi connectivity index (χ0n) is 14.9. The van der Waals surface area contributed by atoms with Crippen molar-refractivity contribution < 1.29 is 4.79 Å². The molecule has 2 heterocycles. The molecular formula is C18H22N4O3S. The quantitative estimate of drug-likeness (QED) is 0.730. The molecule has 1 aliphatic heterocycles. The molecule has 1 saturated heterocycles. The van der Waals surface area contributed by atoms with E-state index >= 15 is 0 Å². The Balaban J connectivity index is 1.60. The molecule has 1 fully saturated rings. The molecular weight excluding hydrogens is 352 g/mol. The Kier molecular flexibility index (Phi) is 5.51. The van der Waals surface area contributed by atoms with Crippen molar-refractivity contribution in [1.29, 1.82) is 0 Å². The maximum Gasteiger partial charge on any atom is 0.332 e. The van der Waals surface area contributed by atoms with Gasteiger partial charge in [0.25, 0.3) is 5.56 Å². The van der Waals surface area contributed by atoms with Gasteiger partial charge in [-0.1, -0.05) is 18.2 Å². The second-order valence-electron chi connectivity index (χ2n) is 6.21. The summed E-state index contributed by atoms with van der Waals surface area (Å²) in [6.45, 7) is 2.36. The lowest BCUT2D eigenvalue weighted by Gasteiger charge is -2.36. The van der Waals surface area contributed by atoms with Crippen molar-refractivity contribution >= 4 is 23.5 Å². The van der Waals surface area contributed by atoms with Crippen LogP contribution in [0.1, 0.15) is 0 Å². The summed E-state index contributed by atoms with van der Waals surface area (Å²) in [7, 11) is 3.13. The fourth-order valence-corrected chi connectivity index (χ4v) is 3.79. The van der Waals surface area contributed by atoms with E-state index in [1.54, 1.807) is 7.05 Å². The minimum Gasteiger partial charge on any atom is -0.354 e. The lowest BCUT2D eigenvalue weighted by Crippen LogP contribution is -2.51.